The van der Waals surface area contributed by atoms with Crippen LogP contribution in [0.5, 0.6) is 23.0 Å². The topological polar surface area (TPSA) is 18.5 Å². The van der Waals surface area contributed by atoms with Crippen LogP contribution in [0.3, 0.4) is 0 Å². The summed E-state index contributed by atoms with van der Waals surface area (Å²) in [5.41, 5.74) is 0. The number of hydrogen-bond acceptors (Lipinski definition) is 2. The summed E-state index contributed by atoms with van der Waals surface area (Å²) in [6.07, 6.45) is 0. The van der Waals surface area contributed by atoms with E-state index in [9.17, 15) is 0 Å². The second kappa shape index (κ2) is 5.11. The van der Waals surface area contributed by atoms with Crippen LogP contribution in [0.15, 0.2) is 31.6 Å². The molecule has 0 amide bonds. The highest BCUT2D eigenvalue weighted by atomic mass is 79.9. The van der Waals surface area contributed by atoms with Crippen molar-refractivity contribution in [1.82, 2.24) is 0 Å². The fraction of sp³-hybridized carbons (Fsp3) is 0. The summed E-state index contributed by atoms with van der Waals surface area (Å²) >= 11 is 22.5. The SMILES string of the molecule is Clc1c(Br)ccc2c1Oc1c(Cl)c(Br)cc(Br)c1O2. The quantitative estimate of drug-likeness (QED) is 0.311. The molecule has 0 aliphatic carbocycles. The molecule has 0 saturated carbocycles. The molecule has 2 aromatic rings. The standard InChI is InChI=1S/C12H3Br3Cl2O2/c13-4-1-2-7-11(8(4)16)19-12-9(17)5(14)3-6(15)10(12)18-7/h1-3H. The maximum atomic E-state index is 6.21. The van der Waals surface area contributed by atoms with Crippen LogP contribution in [0, 0.1) is 0 Å². The Hall–Kier alpha value is 0.0600. The minimum Gasteiger partial charge on any atom is -0.448 e. The maximum absolute atomic E-state index is 6.21. The van der Waals surface area contributed by atoms with E-state index in [1.807, 2.05) is 0 Å². The van der Waals surface area contributed by atoms with Crippen LogP contribution in [-0.2, 0) is 0 Å². The number of ether oxygens (including phenoxy) is 2. The Bertz CT molecular complexity index is 704. The first-order chi connectivity index (χ1) is 8.99. The van der Waals surface area contributed by atoms with Gasteiger partial charge in [-0.05, 0) is 66.0 Å². The van der Waals surface area contributed by atoms with Gasteiger partial charge in [0.15, 0.2) is 23.0 Å². The van der Waals surface area contributed by atoms with Gasteiger partial charge in [0, 0.05) is 8.95 Å². The summed E-state index contributed by atoms with van der Waals surface area (Å²) in [6, 6.07) is 5.37. The van der Waals surface area contributed by atoms with Crippen molar-refractivity contribution < 1.29 is 9.47 Å². The molecule has 3 rings (SSSR count). The second-order valence-corrected chi connectivity index (χ2v) is 7.02. The van der Waals surface area contributed by atoms with E-state index in [2.05, 4.69) is 47.8 Å². The average molecular weight is 490 g/mol. The van der Waals surface area contributed by atoms with Gasteiger partial charge in [-0.25, -0.2) is 0 Å². The van der Waals surface area contributed by atoms with Crippen LogP contribution in [0.1, 0.15) is 0 Å². The Balaban J connectivity index is 2.23. The maximum Gasteiger partial charge on any atom is 0.191 e. The van der Waals surface area contributed by atoms with Crippen molar-refractivity contribution in [2.24, 2.45) is 0 Å². The third kappa shape index (κ3) is 2.29. The molecular formula is C12H3Br3Cl2O2. The molecular weight excluding hydrogens is 487 g/mol. The molecule has 0 saturated heterocycles. The first kappa shape index (κ1) is 14.0. The first-order valence-electron chi connectivity index (χ1n) is 5.00. The summed E-state index contributed by atoms with van der Waals surface area (Å²) in [7, 11) is 0. The van der Waals surface area contributed by atoms with Gasteiger partial charge in [-0.15, -0.1) is 0 Å². The number of hydrogen-bond donors (Lipinski definition) is 0. The van der Waals surface area contributed by atoms with Crippen molar-refractivity contribution >= 4 is 71.0 Å². The molecule has 98 valence electrons. The van der Waals surface area contributed by atoms with Gasteiger partial charge < -0.3 is 9.47 Å². The van der Waals surface area contributed by atoms with E-state index in [0.717, 1.165) is 8.95 Å². The highest BCUT2D eigenvalue weighted by molar-refractivity contribution is 9.11. The van der Waals surface area contributed by atoms with Crippen molar-refractivity contribution in [3.63, 3.8) is 0 Å². The van der Waals surface area contributed by atoms with Gasteiger partial charge in [-0.2, -0.15) is 0 Å². The van der Waals surface area contributed by atoms with Gasteiger partial charge >= 0.3 is 0 Å². The highest BCUT2D eigenvalue weighted by Gasteiger charge is 2.27. The molecule has 2 aromatic carbocycles. The third-order valence-electron chi connectivity index (χ3n) is 2.52. The van der Waals surface area contributed by atoms with E-state index in [0.29, 0.717) is 37.5 Å². The van der Waals surface area contributed by atoms with E-state index in [4.69, 9.17) is 32.7 Å². The molecule has 0 radical (unpaired) electrons. The monoisotopic (exact) mass is 486 g/mol. The van der Waals surface area contributed by atoms with Crippen molar-refractivity contribution in [3.05, 3.63) is 41.7 Å². The largest absolute Gasteiger partial charge is 0.448 e. The van der Waals surface area contributed by atoms with Gasteiger partial charge in [0.05, 0.1) is 4.47 Å². The van der Waals surface area contributed by atoms with Gasteiger partial charge in [-0.3, -0.25) is 0 Å². The molecule has 2 nitrogen and oxygen atoms in total. The zero-order chi connectivity index (χ0) is 13.7. The van der Waals surface area contributed by atoms with Crippen LogP contribution in [0.25, 0.3) is 0 Å². The molecule has 0 atom stereocenters. The van der Waals surface area contributed by atoms with Crippen molar-refractivity contribution in [1.29, 1.82) is 0 Å². The lowest BCUT2D eigenvalue weighted by Gasteiger charge is -2.24. The summed E-state index contributed by atoms with van der Waals surface area (Å²) in [6.45, 7) is 0. The lowest BCUT2D eigenvalue weighted by Crippen LogP contribution is -2.01. The number of fused-ring (bicyclic) bond motifs is 2. The molecule has 0 fully saturated rings. The van der Waals surface area contributed by atoms with Crippen LogP contribution >= 0.6 is 71.0 Å². The minimum atomic E-state index is 0.426. The zero-order valence-corrected chi connectivity index (χ0v) is 15.2. The Morgan fingerprint density at radius 2 is 1.42 bits per heavy atom. The van der Waals surface area contributed by atoms with E-state index in [1.54, 1.807) is 18.2 Å². The average Bonchev–Trinajstić information content (AvgIpc) is 2.39. The van der Waals surface area contributed by atoms with E-state index >= 15 is 0 Å². The van der Waals surface area contributed by atoms with Crippen LogP contribution in [0.4, 0.5) is 0 Å². The predicted octanol–water partition coefficient (Wildman–Crippen LogP) is 7.18. The van der Waals surface area contributed by atoms with E-state index in [-0.39, 0.29) is 0 Å². The van der Waals surface area contributed by atoms with Crippen LogP contribution in [0.2, 0.25) is 10.0 Å². The molecule has 0 unspecified atom stereocenters. The molecule has 0 N–H and O–H groups in total. The lowest BCUT2D eigenvalue weighted by molar-refractivity contribution is 0.357. The van der Waals surface area contributed by atoms with E-state index < -0.39 is 0 Å². The Morgan fingerprint density at radius 3 is 2.16 bits per heavy atom. The zero-order valence-electron chi connectivity index (χ0n) is 8.94. The van der Waals surface area contributed by atoms with Gasteiger partial charge in [0.2, 0.25) is 0 Å². The molecule has 1 heterocycles. The highest BCUT2D eigenvalue weighted by Crippen LogP contribution is 2.56. The predicted molar refractivity (Wildman–Crippen MR) is 86.2 cm³/mol. The van der Waals surface area contributed by atoms with Gasteiger partial charge in [0.25, 0.3) is 0 Å². The number of rotatable bonds is 0. The number of benzene rings is 2. The lowest BCUT2D eigenvalue weighted by atomic mass is 10.2. The van der Waals surface area contributed by atoms with Crippen LogP contribution in [-0.4, -0.2) is 0 Å². The molecule has 1 aliphatic rings. The summed E-state index contributed by atoms with van der Waals surface area (Å²) in [4.78, 5) is 0. The summed E-state index contributed by atoms with van der Waals surface area (Å²) in [5, 5.41) is 0.871. The van der Waals surface area contributed by atoms with Crippen molar-refractivity contribution in [3.8, 4) is 23.0 Å². The van der Waals surface area contributed by atoms with Crippen LogP contribution < -0.4 is 9.47 Å². The molecule has 19 heavy (non-hydrogen) atoms. The third-order valence-corrected chi connectivity index (χ3v) is 5.60. The Morgan fingerprint density at radius 1 is 0.737 bits per heavy atom. The van der Waals surface area contributed by atoms with Gasteiger partial charge in [-0.1, -0.05) is 23.2 Å². The smallest absolute Gasteiger partial charge is 0.191 e. The minimum absolute atomic E-state index is 0.426. The fourth-order valence-corrected chi connectivity index (χ4v) is 3.54. The fourth-order valence-electron chi connectivity index (χ4n) is 1.64. The molecule has 7 heteroatoms. The summed E-state index contributed by atoms with van der Waals surface area (Å²) < 4.78 is 13.8. The van der Waals surface area contributed by atoms with E-state index in [1.165, 1.54) is 0 Å². The second-order valence-electron chi connectivity index (χ2n) is 3.71. The molecule has 0 spiro atoms. The Labute approximate surface area is 144 Å². The molecule has 0 bridgehead atoms. The Kier molecular flexibility index (Phi) is 3.77. The number of halogens is 5. The first-order valence-corrected chi connectivity index (χ1v) is 8.13. The molecule has 0 aromatic heterocycles. The van der Waals surface area contributed by atoms with Crippen molar-refractivity contribution in [2.75, 3.05) is 0 Å². The molecule has 1 aliphatic heterocycles. The van der Waals surface area contributed by atoms with Crippen molar-refractivity contribution in [2.45, 2.75) is 0 Å². The van der Waals surface area contributed by atoms with Gasteiger partial charge in [0.1, 0.15) is 10.0 Å². The summed E-state index contributed by atoms with van der Waals surface area (Å²) in [5.74, 6) is 1.93. The normalized spacial score (nSPS) is 12.3.